The van der Waals surface area contributed by atoms with E-state index in [1.165, 1.54) is 43.3 Å². The largest absolute Gasteiger partial charge is 0.445 e. The van der Waals surface area contributed by atoms with Crippen molar-refractivity contribution in [1.82, 2.24) is 15.4 Å². The Balaban J connectivity index is 1.36. The van der Waals surface area contributed by atoms with E-state index in [0.29, 0.717) is 22.5 Å². The van der Waals surface area contributed by atoms with E-state index < -0.39 is 34.0 Å². The van der Waals surface area contributed by atoms with Gasteiger partial charge in [0, 0.05) is 30.3 Å². The van der Waals surface area contributed by atoms with Crippen LogP contribution >= 0.6 is 12.2 Å². The molecule has 4 rings (SSSR count). The van der Waals surface area contributed by atoms with Crippen molar-refractivity contribution in [3.05, 3.63) is 126 Å². The third kappa shape index (κ3) is 10.8. The van der Waals surface area contributed by atoms with Crippen molar-refractivity contribution in [3.8, 4) is 0 Å². The van der Waals surface area contributed by atoms with Crippen LogP contribution in [0, 0.1) is 0 Å². The minimum atomic E-state index is -4.35. The number of rotatable bonds is 11. The predicted molar refractivity (Wildman–Crippen MR) is 180 cm³/mol. The van der Waals surface area contributed by atoms with Crippen molar-refractivity contribution in [1.29, 1.82) is 0 Å². The molecule has 4 amide bonds. The quantitative estimate of drug-likeness (QED) is 0.147. The number of nitrogens with one attached hydrogen (secondary N) is 5. The monoisotopic (exact) mass is 673 g/mol. The van der Waals surface area contributed by atoms with Crippen LogP contribution in [0.15, 0.2) is 114 Å². The normalized spacial score (nSPS) is 11.3. The van der Waals surface area contributed by atoms with Crippen molar-refractivity contribution in [2.45, 2.75) is 30.9 Å². The molecule has 5 N–H and O–H groups in total. The van der Waals surface area contributed by atoms with Gasteiger partial charge in [0.05, 0.1) is 4.90 Å². The second-order valence-electron chi connectivity index (χ2n) is 10.1. The van der Waals surface area contributed by atoms with Crippen LogP contribution in [-0.4, -0.2) is 43.4 Å². The summed E-state index contributed by atoms with van der Waals surface area (Å²) >= 11 is 5.20. The van der Waals surface area contributed by atoms with Crippen LogP contribution in [0.5, 0.6) is 0 Å². The molecule has 0 aliphatic heterocycles. The van der Waals surface area contributed by atoms with E-state index in [0.717, 1.165) is 5.56 Å². The van der Waals surface area contributed by atoms with E-state index >= 15 is 0 Å². The molecule has 12 nitrogen and oxygen atoms in total. The average Bonchev–Trinajstić information content (AvgIpc) is 3.04. The molecule has 0 radical (unpaired) electrons. The van der Waals surface area contributed by atoms with E-state index in [9.17, 15) is 27.6 Å². The first-order valence-corrected chi connectivity index (χ1v) is 16.1. The highest BCUT2D eigenvalue weighted by atomic mass is 32.2. The topological polar surface area (TPSA) is 172 Å². The van der Waals surface area contributed by atoms with Crippen LogP contribution in [-0.2, 0) is 37.4 Å². The van der Waals surface area contributed by atoms with Crippen LogP contribution < -0.4 is 26.0 Å². The van der Waals surface area contributed by atoms with Crippen LogP contribution in [0.4, 0.5) is 16.2 Å². The number of amides is 4. The first-order chi connectivity index (χ1) is 22.5. The molecule has 0 aliphatic carbocycles. The zero-order valence-corrected chi connectivity index (χ0v) is 26.7. The standard InChI is InChI=1S/C33H31N5O7S2/c1-22(39)34-26-14-12-25(13-15-26)30(40)37-32(46)35-27-16-18-28(19-17-27)47(43,44)38-31(41)29(20-23-8-4-2-5-9-23)36-33(42)45-21-24-10-6-3-7-11-24/h2-19,29H,20-21H2,1H3,(H,34,39)(H,36,42)(H,38,41)(H2,35,37,40,46)/t29-/m0/s1. The second kappa shape index (κ2) is 16.1. The van der Waals surface area contributed by atoms with E-state index in [1.807, 2.05) is 10.8 Å². The van der Waals surface area contributed by atoms with Crippen LogP contribution in [0.3, 0.4) is 0 Å². The third-order valence-electron chi connectivity index (χ3n) is 6.46. The summed E-state index contributed by atoms with van der Waals surface area (Å²) in [5, 5.41) is 10.3. The van der Waals surface area contributed by atoms with Gasteiger partial charge >= 0.3 is 6.09 Å². The van der Waals surface area contributed by atoms with Gasteiger partial charge in [-0.1, -0.05) is 60.7 Å². The summed E-state index contributed by atoms with van der Waals surface area (Å²) in [5.41, 5.74) is 2.63. The van der Waals surface area contributed by atoms with Gasteiger partial charge in [0.2, 0.25) is 5.91 Å². The SMILES string of the molecule is CC(=O)Nc1ccc(C(=O)NC(=S)Nc2ccc(S(=O)(=O)NC(=O)[C@H](Cc3ccccc3)NC(=O)OCc3ccccc3)cc2)cc1. The number of thiocarbonyl (C=S) groups is 1. The van der Waals surface area contributed by atoms with Crippen molar-refractivity contribution in [2.75, 3.05) is 10.6 Å². The minimum Gasteiger partial charge on any atom is -0.445 e. The number of benzene rings is 4. The van der Waals surface area contributed by atoms with E-state index in [4.69, 9.17) is 17.0 Å². The Morgan fingerprint density at radius 3 is 1.89 bits per heavy atom. The van der Waals surface area contributed by atoms with Crippen molar-refractivity contribution in [2.24, 2.45) is 0 Å². The molecular formula is C33H31N5O7S2. The molecule has 0 spiro atoms. The highest BCUT2D eigenvalue weighted by Gasteiger charge is 2.27. The highest BCUT2D eigenvalue weighted by molar-refractivity contribution is 7.90. The fraction of sp³-hybridized carbons (Fsp3) is 0.121. The molecule has 1 atom stereocenters. The van der Waals surface area contributed by atoms with Gasteiger partial charge in [0.25, 0.3) is 21.8 Å². The molecule has 0 fully saturated rings. The number of carbonyl (C=O) groups excluding carboxylic acids is 4. The maximum atomic E-state index is 13.2. The van der Waals surface area contributed by atoms with Gasteiger partial charge in [0.1, 0.15) is 12.6 Å². The fourth-order valence-corrected chi connectivity index (χ4v) is 5.42. The van der Waals surface area contributed by atoms with Gasteiger partial charge in [-0.2, -0.15) is 0 Å². The Hall–Kier alpha value is -5.60. The lowest BCUT2D eigenvalue weighted by Gasteiger charge is -2.19. The second-order valence-corrected chi connectivity index (χ2v) is 12.2. The lowest BCUT2D eigenvalue weighted by molar-refractivity contribution is -0.121. The molecule has 0 heterocycles. The molecule has 47 heavy (non-hydrogen) atoms. The number of hydrogen-bond acceptors (Lipinski definition) is 8. The van der Waals surface area contributed by atoms with E-state index in [1.54, 1.807) is 66.7 Å². The molecule has 4 aromatic carbocycles. The molecule has 4 aromatic rings. The summed E-state index contributed by atoms with van der Waals surface area (Å²) in [4.78, 5) is 49.2. The Morgan fingerprint density at radius 2 is 1.30 bits per heavy atom. The summed E-state index contributed by atoms with van der Waals surface area (Å²) in [5.74, 6) is -1.70. The molecule has 0 bridgehead atoms. The van der Waals surface area contributed by atoms with Crippen molar-refractivity contribution < 1.29 is 32.3 Å². The van der Waals surface area contributed by atoms with Crippen molar-refractivity contribution >= 4 is 62.5 Å². The number of sulfonamides is 1. The molecule has 14 heteroatoms. The Kier molecular flexibility index (Phi) is 11.7. The van der Waals surface area contributed by atoms with Crippen molar-refractivity contribution in [3.63, 3.8) is 0 Å². The number of ether oxygens (including phenoxy) is 1. The van der Waals surface area contributed by atoms with Gasteiger partial charge in [-0.15, -0.1) is 0 Å². The van der Waals surface area contributed by atoms with Crippen LogP contribution in [0.1, 0.15) is 28.4 Å². The summed E-state index contributed by atoms with van der Waals surface area (Å²) in [6, 6.07) is 28.0. The fourth-order valence-electron chi connectivity index (χ4n) is 4.19. The maximum Gasteiger partial charge on any atom is 0.408 e. The lowest BCUT2D eigenvalue weighted by Crippen LogP contribution is -2.49. The molecular weight excluding hydrogens is 643 g/mol. The Morgan fingerprint density at radius 1 is 0.745 bits per heavy atom. The summed E-state index contributed by atoms with van der Waals surface area (Å²) < 4.78 is 33.5. The third-order valence-corrected chi connectivity index (χ3v) is 8.02. The summed E-state index contributed by atoms with van der Waals surface area (Å²) in [6.07, 6.45) is -0.878. The zero-order valence-electron chi connectivity index (χ0n) is 25.1. The minimum absolute atomic E-state index is 0.00804. The zero-order chi connectivity index (χ0) is 33.8. The summed E-state index contributed by atoms with van der Waals surface area (Å²) in [6.45, 7) is 1.34. The van der Waals surface area contributed by atoms with E-state index in [-0.39, 0.29) is 28.9 Å². The van der Waals surface area contributed by atoms with Gasteiger partial charge in [-0.05, 0) is 71.9 Å². The number of carbonyl (C=O) groups is 4. The van der Waals surface area contributed by atoms with Gasteiger partial charge in [0.15, 0.2) is 5.11 Å². The Labute approximate surface area is 277 Å². The maximum absolute atomic E-state index is 13.2. The van der Waals surface area contributed by atoms with Crippen LogP contribution in [0.25, 0.3) is 0 Å². The van der Waals surface area contributed by atoms with Gasteiger partial charge in [-0.25, -0.2) is 17.9 Å². The van der Waals surface area contributed by atoms with Gasteiger partial charge < -0.3 is 20.7 Å². The van der Waals surface area contributed by atoms with Crippen LogP contribution in [0.2, 0.25) is 0 Å². The smallest absolute Gasteiger partial charge is 0.408 e. The van der Waals surface area contributed by atoms with E-state index in [2.05, 4.69) is 21.3 Å². The first-order valence-electron chi connectivity index (χ1n) is 14.2. The lowest BCUT2D eigenvalue weighted by atomic mass is 10.1. The number of hydrogen-bond donors (Lipinski definition) is 5. The molecule has 0 unspecified atom stereocenters. The molecule has 0 aliphatic rings. The predicted octanol–water partition coefficient (Wildman–Crippen LogP) is 4.11. The Bertz CT molecular complexity index is 1840. The molecule has 0 saturated heterocycles. The van der Waals surface area contributed by atoms with Gasteiger partial charge in [-0.3, -0.25) is 19.7 Å². The average molecular weight is 674 g/mol. The molecule has 242 valence electrons. The molecule has 0 aromatic heterocycles. The molecule has 0 saturated carbocycles. The first kappa shape index (κ1) is 34.3. The highest BCUT2D eigenvalue weighted by Crippen LogP contribution is 2.15. The number of anilines is 2. The summed E-state index contributed by atoms with van der Waals surface area (Å²) in [7, 11) is -4.35. The number of alkyl carbamates (subject to hydrolysis) is 1.